The van der Waals surface area contributed by atoms with Crippen LogP contribution in [-0.4, -0.2) is 26.6 Å². The summed E-state index contributed by atoms with van der Waals surface area (Å²) in [7, 11) is 0. The molecule has 0 unspecified atom stereocenters. The summed E-state index contributed by atoms with van der Waals surface area (Å²) in [4.78, 5) is 28.5. The average Bonchev–Trinajstić information content (AvgIpc) is 2.83. The van der Waals surface area contributed by atoms with E-state index in [1.807, 2.05) is 0 Å². The fraction of sp³-hybridized carbons (Fsp3) is 0.444. The van der Waals surface area contributed by atoms with Crippen molar-refractivity contribution in [2.45, 2.75) is 25.3 Å². The van der Waals surface area contributed by atoms with Gasteiger partial charge in [-0.1, -0.05) is 0 Å². The Hall–Kier alpha value is -1.85. The van der Waals surface area contributed by atoms with Crippen LogP contribution >= 0.6 is 0 Å². The first-order valence-electron chi connectivity index (χ1n) is 4.61. The molecule has 1 heterocycles. The number of aromatic amines is 1. The third-order valence-electron chi connectivity index (χ3n) is 2.39. The van der Waals surface area contributed by atoms with Gasteiger partial charge in [0.05, 0.1) is 0 Å². The van der Waals surface area contributed by atoms with Crippen LogP contribution in [0.4, 0.5) is 5.82 Å². The topological polar surface area (TPSA) is 95.1 Å². The van der Waals surface area contributed by atoms with Gasteiger partial charge in [0.25, 0.3) is 5.56 Å². The highest BCUT2D eigenvalue weighted by atomic mass is 16.4. The van der Waals surface area contributed by atoms with E-state index in [0.29, 0.717) is 24.5 Å². The second kappa shape index (κ2) is 3.08. The van der Waals surface area contributed by atoms with Crippen molar-refractivity contribution >= 4 is 11.8 Å². The predicted molar refractivity (Wildman–Crippen MR) is 52.8 cm³/mol. The van der Waals surface area contributed by atoms with E-state index >= 15 is 0 Å². The molecule has 1 aliphatic carbocycles. The minimum Gasteiger partial charge on any atom is -0.480 e. The molecule has 0 bridgehead atoms. The van der Waals surface area contributed by atoms with E-state index in [1.54, 1.807) is 6.92 Å². The molecular formula is C9H11N3O3. The standard InChI is InChI=1S/C9H11N3O3/c1-5-10-6(4-7(13)11-5)12-9(2-3-9)8(14)15/h4H,2-3H2,1H3,(H,14,15)(H2,10,11,12,13). The molecule has 1 aromatic rings. The van der Waals surface area contributed by atoms with E-state index < -0.39 is 11.5 Å². The molecule has 1 aromatic heterocycles. The minimum atomic E-state index is -0.909. The SMILES string of the molecule is Cc1nc(NC2(C(=O)O)CC2)cc(=O)[nH]1. The Morgan fingerprint density at radius 2 is 2.33 bits per heavy atom. The van der Waals surface area contributed by atoms with Crippen LogP contribution in [-0.2, 0) is 4.79 Å². The lowest BCUT2D eigenvalue weighted by atomic mass is 10.3. The van der Waals surface area contributed by atoms with Gasteiger partial charge < -0.3 is 15.4 Å². The van der Waals surface area contributed by atoms with E-state index in [1.165, 1.54) is 6.07 Å². The van der Waals surface area contributed by atoms with Crippen LogP contribution in [0.1, 0.15) is 18.7 Å². The van der Waals surface area contributed by atoms with Crippen LogP contribution in [0, 0.1) is 6.92 Å². The molecule has 1 aliphatic rings. The molecule has 1 saturated carbocycles. The van der Waals surface area contributed by atoms with E-state index in [2.05, 4.69) is 15.3 Å². The summed E-state index contributed by atoms with van der Waals surface area (Å²) in [6, 6.07) is 1.26. The molecule has 0 saturated heterocycles. The first kappa shape index (κ1) is 9.70. The second-order valence-electron chi connectivity index (χ2n) is 3.73. The highest BCUT2D eigenvalue weighted by Crippen LogP contribution is 2.38. The molecule has 15 heavy (non-hydrogen) atoms. The molecule has 0 radical (unpaired) electrons. The largest absolute Gasteiger partial charge is 0.480 e. The molecular weight excluding hydrogens is 198 g/mol. The van der Waals surface area contributed by atoms with Crippen LogP contribution < -0.4 is 10.9 Å². The number of hydrogen-bond donors (Lipinski definition) is 3. The summed E-state index contributed by atoms with van der Waals surface area (Å²) in [5, 5.41) is 11.7. The van der Waals surface area contributed by atoms with Gasteiger partial charge in [-0.3, -0.25) is 4.79 Å². The second-order valence-corrected chi connectivity index (χ2v) is 3.73. The summed E-state index contributed by atoms with van der Waals surface area (Å²) < 4.78 is 0. The lowest BCUT2D eigenvalue weighted by Gasteiger charge is -2.12. The number of H-pyrrole nitrogens is 1. The Labute approximate surface area is 85.4 Å². The Kier molecular flexibility index (Phi) is 1.99. The van der Waals surface area contributed by atoms with E-state index in [4.69, 9.17) is 5.11 Å². The lowest BCUT2D eigenvalue weighted by Crippen LogP contribution is -2.32. The van der Waals surface area contributed by atoms with Crippen molar-refractivity contribution < 1.29 is 9.90 Å². The zero-order valence-corrected chi connectivity index (χ0v) is 8.20. The van der Waals surface area contributed by atoms with E-state index in [9.17, 15) is 9.59 Å². The third-order valence-corrected chi connectivity index (χ3v) is 2.39. The lowest BCUT2D eigenvalue weighted by molar-refractivity contribution is -0.138. The fourth-order valence-corrected chi connectivity index (χ4v) is 1.41. The number of hydrogen-bond acceptors (Lipinski definition) is 4. The molecule has 0 aliphatic heterocycles. The summed E-state index contributed by atoms with van der Waals surface area (Å²) in [5.41, 5.74) is -1.20. The van der Waals surface area contributed by atoms with Crippen LogP contribution in [0.2, 0.25) is 0 Å². The molecule has 80 valence electrons. The summed E-state index contributed by atoms with van der Waals surface area (Å²) >= 11 is 0. The molecule has 3 N–H and O–H groups in total. The van der Waals surface area contributed by atoms with Gasteiger partial charge in [0.1, 0.15) is 17.2 Å². The summed E-state index contributed by atoms with van der Waals surface area (Å²) in [6.07, 6.45) is 1.13. The number of carboxylic acids is 1. The van der Waals surface area contributed by atoms with Gasteiger partial charge in [0.2, 0.25) is 0 Å². The predicted octanol–water partition coefficient (Wildman–Crippen LogP) is 0.107. The average molecular weight is 209 g/mol. The van der Waals surface area contributed by atoms with E-state index in [0.717, 1.165) is 0 Å². The number of rotatable bonds is 3. The Morgan fingerprint density at radius 3 is 2.80 bits per heavy atom. The van der Waals surface area contributed by atoms with Crippen molar-refractivity contribution in [3.63, 3.8) is 0 Å². The number of aryl methyl sites for hydroxylation is 1. The molecule has 6 heteroatoms. The third kappa shape index (κ3) is 1.83. The smallest absolute Gasteiger partial charge is 0.329 e. The summed E-state index contributed by atoms with van der Waals surface area (Å²) in [6.45, 7) is 1.65. The van der Waals surface area contributed by atoms with Crippen LogP contribution in [0.5, 0.6) is 0 Å². The van der Waals surface area contributed by atoms with Crippen molar-refractivity contribution in [2.75, 3.05) is 5.32 Å². The van der Waals surface area contributed by atoms with Gasteiger partial charge in [0, 0.05) is 6.07 Å². The fourth-order valence-electron chi connectivity index (χ4n) is 1.41. The molecule has 0 amide bonds. The van der Waals surface area contributed by atoms with Gasteiger partial charge in [0.15, 0.2) is 0 Å². The maximum absolute atomic E-state index is 11.1. The Balaban J connectivity index is 2.25. The van der Waals surface area contributed by atoms with Gasteiger partial charge in [-0.2, -0.15) is 0 Å². The maximum Gasteiger partial charge on any atom is 0.329 e. The maximum atomic E-state index is 11.1. The van der Waals surface area contributed by atoms with Gasteiger partial charge >= 0.3 is 5.97 Å². The number of carboxylic acid groups (broad SMARTS) is 1. The number of nitrogens with zero attached hydrogens (tertiary/aromatic N) is 1. The zero-order valence-electron chi connectivity index (χ0n) is 8.20. The highest BCUT2D eigenvalue weighted by Gasteiger charge is 2.50. The molecule has 0 aromatic carbocycles. The van der Waals surface area contributed by atoms with Crippen LogP contribution in [0.3, 0.4) is 0 Å². The van der Waals surface area contributed by atoms with Crippen molar-refractivity contribution in [1.29, 1.82) is 0 Å². The number of aliphatic carboxylic acids is 1. The summed E-state index contributed by atoms with van der Waals surface area (Å²) in [5.74, 6) is -0.121. The molecule has 0 spiro atoms. The van der Waals surface area contributed by atoms with Gasteiger partial charge in [-0.15, -0.1) is 0 Å². The zero-order chi connectivity index (χ0) is 11.1. The molecule has 1 fully saturated rings. The van der Waals surface area contributed by atoms with Crippen molar-refractivity contribution in [1.82, 2.24) is 9.97 Å². The normalized spacial score (nSPS) is 17.1. The monoisotopic (exact) mass is 209 g/mol. The number of carbonyl (C=O) groups is 1. The van der Waals surface area contributed by atoms with E-state index in [-0.39, 0.29) is 5.56 Å². The van der Waals surface area contributed by atoms with Crippen LogP contribution in [0.25, 0.3) is 0 Å². The van der Waals surface area contributed by atoms with Crippen molar-refractivity contribution in [2.24, 2.45) is 0 Å². The first-order chi connectivity index (χ1) is 7.02. The van der Waals surface area contributed by atoms with Crippen molar-refractivity contribution in [3.05, 3.63) is 22.2 Å². The number of nitrogens with one attached hydrogen (secondary N) is 2. The van der Waals surface area contributed by atoms with Crippen molar-refractivity contribution in [3.8, 4) is 0 Å². The molecule has 2 rings (SSSR count). The van der Waals surface area contributed by atoms with Gasteiger partial charge in [-0.25, -0.2) is 9.78 Å². The quantitative estimate of drug-likeness (QED) is 0.656. The minimum absolute atomic E-state index is 0.286. The number of aromatic nitrogens is 2. The number of anilines is 1. The Bertz CT molecular complexity index is 462. The first-order valence-corrected chi connectivity index (χ1v) is 4.61. The molecule has 0 atom stereocenters. The highest BCUT2D eigenvalue weighted by molar-refractivity contribution is 5.85. The van der Waals surface area contributed by atoms with Crippen LogP contribution in [0.15, 0.2) is 10.9 Å². The molecule has 6 nitrogen and oxygen atoms in total. The van der Waals surface area contributed by atoms with Gasteiger partial charge in [-0.05, 0) is 19.8 Å². The Morgan fingerprint density at radius 1 is 1.67 bits per heavy atom.